The van der Waals surface area contributed by atoms with Gasteiger partial charge in [0.25, 0.3) is 0 Å². The van der Waals surface area contributed by atoms with E-state index in [9.17, 15) is 27.6 Å². The number of aliphatic carboxylic acids is 1. The molecule has 142 valence electrons. The number of hydrogen-bond donors (Lipinski definition) is 2. The maximum atomic E-state index is 13.0. The van der Waals surface area contributed by atoms with Crippen LogP contribution in [0.1, 0.15) is 17.3 Å². The maximum Gasteiger partial charge on any atom is 0.394 e. The highest BCUT2D eigenvalue weighted by atomic mass is 19.4. The molecule has 1 aliphatic rings. The molecule has 1 aromatic carbocycles. The summed E-state index contributed by atoms with van der Waals surface area (Å²) in [4.78, 5) is 36.0. The zero-order chi connectivity index (χ0) is 19.5. The van der Waals surface area contributed by atoms with Crippen LogP contribution in [0.5, 0.6) is 0 Å². The summed E-state index contributed by atoms with van der Waals surface area (Å²) < 4.78 is 43.9. The molecular weight excluding hydrogens is 357 g/mol. The van der Waals surface area contributed by atoms with Crippen molar-refractivity contribution >= 4 is 23.7 Å². The second kappa shape index (κ2) is 7.63. The summed E-state index contributed by atoms with van der Waals surface area (Å²) in [6.45, 7) is 0.369. The molecule has 10 heteroatoms. The average molecular weight is 374 g/mol. The number of carbonyl (C=O) groups excluding carboxylic acids is 2. The van der Waals surface area contributed by atoms with E-state index < -0.39 is 49.1 Å². The molecule has 1 aromatic rings. The molecule has 0 spiro atoms. The second-order valence-corrected chi connectivity index (χ2v) is 5.69. The summed E-state index contributed by atoms with van der Waals surface area (Å²) in [5.41, 5.74) is 0.113. The number of anilines is 1. The van der Waals surface area contributed by atoms with E-state index in [1.807, 2.05) is 0 Å². The van der Waals surface area contributed by atoms with Gasteiger partial charge < -0.3 is 20.1 Å². The number of likely N-dealkylation sites (tertiary alicyclic amines) is 1. The minimum atomic E-state index is -4.74. The van der Waals surface area contributed by atoms with E-state index in [0.29, 0.717) is 0 Å². The Morgan fingerprint density at radius 1 is 1.27 bits per heavy atom. The van der Waals surface area contributed by atoms with Gasteiger partial charge in [0.1, 0.15) is 0 Å². The predicted molar refractivity (Wildman–Crippen MR) is 83.7 cm³/mol. The van der Waals surface area contributed by atoms with Crippen molar-refractivity contribution in [3.05, 3.63) is 29.8 Å². The largest absolute Gasteiger partial charge is 0.481 e. The van der Waals surface area contributed by atoms with Crippen molar-refractivity contribution in [1.82, 2.24) is 4.90 Å². The van der Waals surface area contributed by atoms with Crippen molar-refractivity contribution in [2.24, 2.45) is 11.8 Å². The van der Waals surface area contributed by atoms with Crippen LogP contribution < -0.4 is 5.32 Å². The quantitative estimate of drug-likeness (QED) is 0.790. The predicted octanol–water partition coefficient (Wildman–Crippen LogP) is 2.59. The molecule has 1 fully saturated rings. The van der Waals surface area contributed by atoms with Gasteiger partial charge in [-0.1, -0.05) is 12.1 Å². The lowest BCUT2D eigenvalue weighted by atomic mass is 9.96. The first-order valence-electron chi connectivity index (χ1n) is 7.76. The fraction of sp³-hybridized carbons (Fsp3) is 0.438. The fourth-order valence-electron chi connectivity index (χ4n) is 2.72. The zero-order valence-electron chi connectivity index (χ0n) is 13.7. The van der Waals surface area contributed by atoms with Gasteiger partial charge in [-0.25, -0.2) is 9.59 Å². The SMILES string of the molecule is CCOC(=O)c1ccccc1NC(=O)N1C[C@@H](C(F)(F)F)[C@H](C(=O)O)C1. The first-order chi connectivity index (χ1) is 12.1. The highest BCUT2D eigenvalue weighted by Gasteiger charge is 2.53. The minimum absolute atomic E-state index is 0.0454. The first kappa shape index (κ1) is 19.5. The Bertz CT molecular complexity index is 707. The molecule has 0 aliphatic carbocycles. The Balaban J connectivity index is 2.16. The van der Waals surface area contributed by atoms with Gasteiger partial charge in [-0.05, 0) is 19.1 Å². The van der Waals surface area contributed by atoms with E-state index in [-0.39, 0.29) is 17.9 Å². The summed E-state index contributed by atoms with van der Waals surface area (Å²) in [7, 11) is 0. The van der Waals surface area contributed by atoms with Gasteiger partial charge in [0.05, 0.1) is 29.7 Å². The van der Waals surface area contributed by atoms with Gasteiger partial charge in [-0.15, -0.1) is 0 Å². The standard InChI is InChI=1S/C16H17F3N2O5/c1-2-26-14(24)9-5-3-4-6-12(9)20-15(25)21-7-10(13(22)23)11(8-21)16(17,18)19/h3-6,10-11H,2,7-8H2,1H3,(H,20,25)(H,22,23)/t10-,11-/m1/s1. The van der Waals surface area contributed by atoms with E-state index in [4.69, 9.17) is 9.84 Å². The van der Waals surface area contributed by atoms with Crippen molar-refractivity contribution in [1.29, 1.82) is 0 Å². The van der Waals surface area contributed by atoms with Crippen LogP contribution in [0.3, 0.4) is 0 Å². The minimum Gasteiger partial charge on any atom is -0.481 e. The third kappa shape index (κ3) is 4.24. The number of esters is 1. The first-order valence-corrected chi connectivity index (χ1v) is 7.76. The van der Waals surface area contributed by atoms with Gasteiger partial charge in [0, 0.05) is 13.1 Å². The molecule has 26 heavy (non-hydrogen) atoms. The number of urea groups is 1. The van der Waals surface area contributed by atoms with Gasteiger partial charge in [-0.2, -0.15) is 13.2 Å². The van der Waals surface area contributed by atoms with E-state index in [1.165, 1.54) is 24.3 Å². The lowest BCUT2D eigenvalue weighted by Crippen LogP contribution is -2.35. The number of carboxylic acid groups (broad SMARTS) is 1. The third-order valence-electron chi connectivity index (χ3n) is 4.01. The van der Waals surface area contributed by atoms with Gasteiger partial charge in [0.2, 0.25) is 0 Å². The van der Waals surface area contributed by atoms with E-state index >= 15 is 0 Å². The number of hydrogen-bond acceptors (Lipinski definition) is 4. The van der Waals surface area contributed by atoms with Crippen LogP contribution in [-0.2, 0) is 9.53 Å². The second-order valence-electron chi connectivity index (χ2n) is 5.69. The van der Waals surface area contributed by atoms with Crippen LogP contribution in [0.2, 0.25) is 0 Å². The van der Waals surface area contributed by atoms with Crippen LogP contribution in [0.15, 0.2) is 24.3 Å². The topological polar surface area (TPSA) is 95.9 Å². The third-order valence-corrected chi connectivity index (χ3v) is 4.01. The molecule has 7 nitrogen and oxygen atoms in total. The van der Waals surface area contributed by atoms with Crippen molar-refractivity contribution in [2.75, 3.05) is 25.0 Å². The number of carboxylic acids is 1. The van der Waals surface area contributed by atoms with Crippen molar-refractivity contribution in [3.63, 3.8) is 0 Å². The number of para-hydroxylation sites is 1. The van der Waals surface area contributed by atoms with Crippen molar-refractivity contribution in [3.8, 4) is 0 Å². The van der Waals surface area contributed by atoms with E-state index in [1.54, 1.807) is 6.92 Å². The van der Waals surface area contributed by atoms with Crippen LogP contribution in [0.4, 0.5) is 23.7 Å². The Labute approximate surface area is 146 Å². The molecule has 0 unspecified atom stereocenters. The van der Waals surface area contributed by atoms with Crippen LogP contribution in [0, 0.1) is 11.8 Å². The van der Waals surface area contributed by atoms with Gasteiger partial charge in [-0.3, -0.25) is 4.79 Å². The Morgan fingerprint density at radius 2 is 1.92 bits per heavy atom. The Hall–Kier alpha value is -2.78. The number of amides is 2. The number of halogens is 3. The van der Waals surface area contributed by atoms with Crippen molar-refractivity contribution < 1.29 is 37.4 Å². The Morgan fingerprint density at radius 3 is 2.46 bits per heavy atom. The molecule has 1 aliphatic heterocycles. The maximum absolute atomic E-state index is 13.0. The number of alkyl halides is 3. The molecule has 2 N–H and O–H groups in total. The summed E-state index contributed by atoms with van der Waals surface area (Å²) in [5.74, 6) is -6.19. The number of nitrogens with zero attached hydrogens (tertiary/aromatic N) is 1. The summed E-state index contributed by atoms with van der Waals surface area (Å²) >= 11 is 0. The highest BCUT2D eigenvalue weighted by molar-refractivity contribution is 6.01. The molecule has 0 saturated carbocycles. The lowest BCUT2D eigenvalue weighted by molar-refractivity contribution is -0.187. The molecule has 1 heterocycles. The molecule has 0 bridgehead atoms. The molecule has 0 radical (unpaired) electrons. The number of carbonyl (C=O) groups is 3. The summed E-state index contributed by atoms with van der Waals surface area (Å²) in [6, 6.07) is 4.95. The molecule has 2 atom stereocenters. The molecular formula is C16H17F3N2O5. The number of ether oxygens (including phenoxy) is 1. The van der Waals surface area contributed by atoms with Gasteiger partial charge >= 0.3 is 24.1 Å². The van der Waals surface area contributed by atoms with Crippen LogP contribution in [-0.4, -0.2) is 53.8 Å². The highest BCUT2D eigenvalue weighted by Crippen LogP contribution is 2.38. The molecule has 0 aromatic heterocycles. The van der Waals surface area contributed by atoms with Crippen molar-refractivity contribution in [2.45, 2.75) is 13.1 Å². The molecule has 1 saturated heterocycles. The number of benzene rings is 1. The fourth-order valence-corrected chi connectivity index (χ4v) is 2.72. The number of nitrogens with one attached hydrogen (secondary N) is 1. The molecule has 2 amide bonds. The normalized spacial score (nSPS) is 19.9. The summed E-state index contributed by atoms with van der Waals surface area (Å²) in [6.07, 6.45) is -4.74. The Kier molecular flexibility index (Phi) is 5.73. The lowest BCUT2D eigenvalue weighted by Gasteiger charge is -2.19. The van der Waals surface area contributed by atoms with Gasteiger partial charge in [0.15, 0.2) is 0 Å². The van der Waals surface area contributed by atoms with E-state index in [0.717, 1.165) is 4.90 Å². The molecule has 2 rings (SSSR count). The van der Waals surface area contributed by atoms with Crippen LogP contribution in [0.25, 0.3) is 0 Å². The zero-order valence-corrected chi connectivity index (χ0v) is 13.7. The van der Waals surface area contributed by atoms with Crippen LogP contribution >= 0.6 is 0 Å². The summed E-state index contributed by atoms with van der Waals surface area (Å²) in [5, 5.41) is 11.3. The monoisotopic (exact) mass is 374 g/mol. The van der Waals surface area contributed by atoms with E-state index in [2.05, 4.69) is 5.32 Å². The smallest absolute Gasteiger partial charge is 0.394 e. The average Bonchev–Trinajstić information content (AvgIpc) is 3.01. The number of rotatable bonds is 4.